The Hall–Kier alpha value is -2.64. The minimum Gasteiger partial charge on any atom is -0.480 e. The number of hydrogen-bond acceptors (Lipinski definition) is 5. The number of carboxylic acids is 1. The van der Waals surface area contributed by atoms with E-state index in [0.717, 1.165) is 0 Å². The second kappa shape index (κ2) is 6.00. The summed E-state index contributed by atoms with van der Waals surface area (Å²) in [5.74, 6) is -1.15. The number of ether oxygens (including phenoxy) is 1. The highest BCUT2D eigenvalue weighted by molar-refractivity contribution is 5.80. The molecule has 2 aromatic heterocycles. The van der Waals surface area contributed by atoms with Crippen LogP contribution in [0.2, 0.25) is 0 Å². The molecular weight excluding hydrogens is 288 g/mol. The molecule has 0 bridgehead atoms. The molecule has 1 unspecified atom stereocenters. The highest BCUT2D eigenvalue weighted by Crippen LogP contribution is 2.11. The van der Waals surface area contributed by atoms with E-state index in [1.54, 1.807) is 43.7 Å². The van der Waals surface area contributed by atoms with Gasteiger partial charge in [0.15, 0.2) is 5.65 Å². The van der Waals surface area contributed by atoms with Crippen molar-refractivity contribution in [2.24, 2.45) is 0 Å². The zero-order valence-electron chi connectivity index (χ0n) is 12.6. The van der Waals surface area contributed by atoms with Crippen molar-refractivity contribution in [3.05, 3.63) is 30.2 Å². The van der Waals surface area contributed by atoms with Crippen molar-refractivity contribution in [2.45, 2.75) is 38.8 Å². The Balaban J connectivity index is 2.12. The quantitative estimate of drug-likeness (QED) is 0.880. The monoisotopic (exact) mass is 306 g/mol. The number of alkyl carbamates (subject to hydrolysis) is 1. The first-order valence-corrected chi connectivity index (χ1v) is 6.76. The van der Waals surface area contributed by atoms with Gasteiger partial charge in [-0.15, -0.1) is 0 Å². The summed E-state index contributed by atoms with van der Waals surface area (Å²) in [6, 6.07) is 0.599. The fraction of sp³-hybridized carbons (Fsp3) is 0.429. The summed E-state index contributed by atoms with van der Waals surface area (Å²) in [5, 5.41) is 15.7. The molecule has 0 aliphatic carbocycles. The van der Waals surface area contributed by atoms with Crippen molar-refractivity contribution in [3.63, 3.8) is 0 Å². The molecule has 0 aliphatic heterocycles. The van der Waals surface area contributed by atoms with Crippen LogP contribution < -0.4 is 5.32 Å². The second-order valence-electron chi connectivity index (χ2n) is 5.80. The lowest BCUT2D eigenvalue weighted by atomic mass is 10.1. The van der Waals surface area contributed by atoms with Crippen LogP contribution in [-0.2, 0) is 16.0 Å². The predicted octanol–water partition coefficient (Wildman–Crippen LogP) is 1.25. The van der Waals surface area contributed by atoms with E-state index in [-0.39, 0.29) is 6.42 Å². The number of nitrogens with one attached hydrogen (secondary N) is 1. The van der Waals surface area contributed by atoms with Crippen molar-refractivity contribution in [1.29, 1.82) is 0 Å². The summed E-state index contributed by atoms with van der Waals surface area (Å²) in [5.41, 5.74) is 0.489. The van der Waals surface area contributed by atoms with Crippen molar-refractivity contribution < 1.29 is 19.4 Å². The van der Waals surface area contributed by atoms with E-state index in [9.17, 15) is 14.7 Å². The zero-order valence-corrected chi connectivity index (χ0v) is 12.6. The molecule has 2 aromatic rings. The Kier molecular flexibility index (Phi) is 4.30. The number of aromatic nitrogens is 3. The summed E-state index contributed by atoms with van der Waals surface area (Å²) in [6.07, 6.45) is 4.13. The van der Waals surface area contributed by atoms with Crippen LogP contribution in [0.3, 0.4) is 0 Å². The topological polar surface area (TPSA) is 106 Å². The SMILES string of the molecule is CC(C)(C)OC(=O)NC(Cc1cnn2cccnc12)C(=O)O. The Labute approximate surface area is 127 Å². The number of carbonyl (C=O) groups excluding carboxylic acids is 1. The maximum Gasteiger partial charge on any atom is 0.408 e. The predicted molar refractivity (Wildman–Crippen MR) is 77.5 cm³/mol. The average Bonchev–Trinajstić information content (AvgIpc) is 2.79. The molecule has 8 heteroatoms. The number of carbonyl (C=O) groups is 2. The molecular formula is C14H18N4O4. The van der Waals surface area contributed by atoms with Gasteiger partial charge in [-0.3, -0.25) is 0 Å². The van der Waals surface area contributed by atoms with Crippen molar-refractivity contribution >= 4 is 17.7 Å². The van der Waals surface area contributed by atoms with Gasteiger partial charge < -0.3 is 15.2 Å². The summed E-state index contributed by atoms with van der Waals surface area (Å²) >= 11 is 0. The summed E-state index contributed by atoms with van der Waals surface area (Å²) in [7, 11) is 0. The molecule has 118 valence electrons. The Morgan fingerprint density at radius 1 is 1.45 bits per heavy atom. The van der Waals surface area contributed by atoms with Gasteiger partial charge in [0, 0.05) is 24.4 Å². The number of fused-ring (bicyclic) bond motifs is 1. The highest BCUT2D eigenvalue weighted by atomic mass is 16.6. The van der Waals surface area contributed by atoms with E-state index >= 15 is 0 Å². The number of rotatable bonds is 4. The first-order valence-electron chi connectivity index (χ1n) is 6.76. The maximum atomic E-state index is 11.7. The molecule has 0 aliphatic rings. The largest absolute Gasteiger partial charge is 0.480 e. The lowest BCUT2D eigenvalue weighted by Crippen LogP contribution is -2.44. The molecule has 1 atom stereocenters. The molecule has 0 radical (unpaired) electrons. The van der Waals surface area contributed by atoms with Crippen LogP contribution in [0.1, 0.15) is 26.3 Å². The van der Waals surface area contributed by atoms with E-state index in [2.05, 4.69) is 15.4 Å². The third kappa shape index (κ3) is 3.94. The summed E-state index contributed by atoms with van der Waals surface area (Å²) < 4.78 is 6.62. The molecule has 22 heavy (non-hydrogen) atoms. The van der Waals surface area contributed by atoms with Crippen LogP contribution in [0.15, 0.2) is 24.7 Å². The smallest absolute Gasteiger partial charge is 0.408 e. The van der Waals surface area contributed by atoms with Crippen LogP contribution in [0, 0.1) is 0 Å². The van der Waals surface area contributed by atoms with Crippen LogP contribution in [0.5, 0.6) is 0 Å². The van der Waals surface area contributed by atoms with E-state index in [1.165, 1.54) is 6.20 Å². The van der Waals surface area contributed by atoms with Gasteiger partial charge in [0.25, 0.3) is 0 Å². The lowest BCUT2D eigenvalue weighted by Gasteiger charge is -2.21. The fourth-order valence-electron chi connectivity index (χ4n) is 1.89. The van der Waals surface area contributed by atoms with Gasteiger partial charge in [-0.25, -0.2) is 19.1 Å². The molecule has 0 aromatic carbocycles. The molecule has 8 nitrogen and oxygen atoms in total. The molecule has 0 saturated carbocycles. The first-order chi connectivity index (χ1) is 10.3. The Morgan fingerprint density at radius 3 is 2.82 bits per heavy atom. The molecule has 0 fully saturated rings. The van der Waals surface area contributed by atoms with Crippen LogP contribution in [0.4, 0.5) is 4.79 Å². The van der Waals surface area contributed by atoms with Gasteiger partial charge >= 0.3 is 12.1 Å². The van der Waals surface area contributed by atoms with E-state index in [4.69, 9.17) is 4.74 Å². The Bertz CT molecular complexity index is 689. The third-order valence-electron chi connectivity index (χ3n) is 2.77. The summed E-state index contributed by atoms with van der Waals surface area (Å²) in [4.78, 5) is 27.2. The van der Waals surface area contributed by atoms with Gasteiger partial charge in [-0.2, -0.15) is 5.10 Å². The number of aliphatic carboxylic acids is 1. The van der Waals surface area contributed by atoms with Crippen LogP contribution >= 0.6 is 0 Å². The highest BCUT2D eigenvalue weighted by Gasteiger charge is 2.25. The van der Waals surface area contributed by atoms with Gasteiger partial charge in [-0.1, -0.05) is 0 Å². The average molecular weight is 306 g/mol. The molecule has 2 rings (SSSR count). The molecule has 0 spiro atoms. The number of amides is 1. The summed E-state index contributed by atoms with van der Waals surface area (Å²) in [6.45, 7) is 5.12. The number of hydrogen-bond donors (Lipinski definition) is 2. The minimum atomic E-state index is -1.15. The third-order valence-corrected chi connectivity index (χ3v) is 2.77. The van der Waals surface area contributed by atoms with Crippen molar-refractivity contribution in [1.82, 2.24) is 19.9 Å². The maximum absolute atomic E-state index is 11.7. The molecule has 2 N–H and O–H groups in total. The lowest BCUT2D eigenvalue weighted by molar-refractivity contribution is -0.139. The molecule has 2 heterocycles. The second-order valence-corrected chi connectivity index (χ2v) is 5.80. The van der Waals surface area contributed by atoms with E-state index in [1.807, 2.05) is 0 Å². The van der Waals surface area contributed by atoms with E-state index < -0.39 is 23.7 Å². The van der Waals surface area contributed by atoms with Gasteiger partial charge in [0.1, 0.15) is 11.6 Å². The van der Waals surface area contributed by atoms with Crippen molar-refractivity contribution in [3.8, 4) is 0 Å². The minimum absolute atomic E-state index is 0.0646. The normalized spacial score (nSPS) is 12.9. The fourth-order valence-corrected chi connectivity index (χ4v) is 1.89. The van der Waals surface area contributed by atoms with Crippen molar-refractivity contribution in [2.75, 3.05) is 0 Å². The Morgan fingerprint density at radius 2 is 2.18 bits per heavy atom. The number of carboxylic acid groups (broad SMARTS) is 1. The van der Waals surface area contributed by atoms with Gasteiger partial charge in [0.05, 0.1) is 6.20 Å². The molecule has 1 amide bonds. The van der Waals surface area contributed by atoms with Gasteiger partial charge in [-0.05, 0) is 26.8 Å². The van der Waals surface area contributed by atoms with E-state index in [0.29, 0.717) is 11.2 Å². The zero-order chi connectivity index (χ0) is 16.3. The number of nitrogens with zero attached hydrogens (tertiary/aromatic N) is 3. The van der Waals surface area contributed by atoms with Crippen LogP contribution in [-0.4, -0.2) is 43.4 Å². The molecule has 0 saturated heterocycles. The standard InChI is InChI=1S/C14H18N4O4/c1-14(2,3)22-13(21)17-10(12(19)20)7-9-8-16-18-6-4-5-15-11(9)18/h4-6,8,10H,7H2,1-3H3,(H,17,21)(H,19,20). The van der Waals surface area contributed by atoms with Crippen LogP contribution in [0.25, 0.3) is 5.65 Å². The first kappa shape index (κ1) is 15.7. The van der Waals surface area contributed by atoms with Gasteiger partial charge in [0.2, 0.25) is 0 Å².